The molecular formula is C16H21ClN2O. The zero-order valence-electron chi connectivity index (χ0n) is 11.8. The van der Waals surface area contributed by atoms with Crippen LogP contribution in [0.1, 0.15) is 37.7 Å². The summed E-state index contributed by atoms with van der Waals surface area (Å²) in [5.41, 5.74) is 1.88. The molecule has 3 rings (SSSR count). The summed E-state index contributed by atoms with van der Waals surface area (Å²) in [4.78, 5) is 12.2. The second kappa shape index (κ2) is 5.74. The molecule has 3 nitrogen and oxygen atoms in total. The Labute approximate surface area is 125 Å². The second-order valence-corrected chi connectivity index (χ2v) is 6.62. The monoisotopic (exact) mass is 292 g/mol. The van der Waals surface area contributed by atoms with Crippen molar-refractivity contribution in [3.63, 3.8) is 0 Å². The Morgan fingerprint density at radius 2 is 2.05 bits per heavy atom. The Hall–Kier alpha value is -1.06. The van der Waals surface area contributed by atoms with Crippen molar-refractivity contribution in [2.45, 2.75) is 51.1 Å². The highest BCUT2D eigenvalue weighted by Crippen LogP contribution is 2.33. The van der Waals surface area contributed by atoms with Crippen LogP contribution in [0.2, 0.25) is 5.02 Å². The summed E-state index contributed by atoms with van der Waals surface area (Å²) in [5, 5.41) is 7.33. The van der Waals surface area contributed by atoms with E-state index in [1.807, 2.05) is 25.1 Å². The Bertz CT molecular complexity index is 505. The van der Waals surface area contributed by atoms with Crippen molar-refractivity contribution in [3.8, 4) is 0 Å². The van der Waals surface area contributed by atoms with Crippen molar-refractivity contribution in [2.24, 2.45) is 5.92 Å². The predicted octanol–water partition coefficient (Wildman–Crippen LogP) is 3.51. The van der Waals surface area contributed by atoms with Crippen molar-refractivity contribution < 1.29 is 4.79 Å². The topological polar surface area (TPSA) is 41.1 Å². The standard InChI is InChI=1S/C16H21ClN2O/c1-10-6-12(17)2-5-15(10)19-16(20)9-11-7-13-3-4-14(8-11)18-13/h2,5-6,11,13-14,18H,3-4,7-9H2,1H3,(H,19,20). The lowest BCUT2D eigenvalue weighted by Crippen LogP contribution is -2.39. The number of hydrogen-bond donors (Lipinski definition) is 2. The third-order valence-corrected chi connectivity index (χ3v) is 4.74. The van der Waals surface area contributed by atoms with Gasteiger partial charge in [-0.2, -0.15) is 0 Å². The molecule has 0 radical (unpaired) electrons. The summed E-state index contributed by atoms with van der Waals surface area (Å²) < 4.78 is 0. The zero-order valence-corrected chi connectivity index (χ0v) is 12.5. The third kappa shape index (κ3) is 3.15. The van der Waals surface area contributed by atoms with E-state index in [9.17, 15) is 4.79 Å². The average molecular weight is 293 g/mol. The molecule has 0 aromatic heterocycles. The molecule has 2 N–H and O–H groups in total. The number of halogens is 1. The maximum absolute atomic E-state index is 12.2. The van der Waals surface area contributed by atoms with Crippen LogP contribution in [-0.4, -0.2) is 18.0 Å². The van der Waals surface area contributed by atoms with E-state index in [1.165, 1.54) is 12.8 Å². The number of anilines is 1. The van der Waals surface area contributed by atoms with E-state index in [0.29, 0.717) is 29.4 Å². The summed E-state index contributed by atoms with van der Waals surface area (Å²) in [5.74, 6) is 0.656. The molecule has 2 saturated heterocycles. The molecule has 2 unspecified atom stereocenters. The second-order valence-electron chi connectivity index (χ2n) is 6.19. The lowest BCUT2D eigenvalue weighted by molar-refractivity contribution is -0.117. The summed E-state index contributed by atoms with van der Waals surface area (Å²) in [6.45, 7) is 1.96. The number of piperidine rings is 1. The van der Waals surface area contributed by atoms with Gasteiger partial charge in [0.2, 0.25) is 5.91 Å². The van der Waals surface area contributed by atoms with Gasteiger partial charge in [-0.1, -0.05) is 11.6 Å². The fraction of sp³-hybridized carbons (Fsp3) is 0.562. The Balaban J connectivity index is 1.57. The van der Waals surface area contributed by atoms with Crippen molar-refractivity contribution in [3.05, 3.63) is 28.8 Å². The number of carbonyl (C=O) groups excluding carboxylic acids is 1. The minimum absolute atomic E-state index is 0.127. The van der Waals surface area contributed by atoms with E-state index in [-0.39, 0.29) is 5.91 Å². The van der Waals surface area contributed by atoms with Crippen LogP contribution in [0.4, 0.5) is 5.69 Å². The highest BCUT2D eigenvalue weighted by atomic mass is 35.5. The van der Waals surface area contributed by atoms with Gasteiger partial charge < -0.3 is 10.6 Å². The van der Waals surface area contributed by atoms with Crippen LogP contribution in [-0.2, 0) is 4.79 Å². The highest BCUT2D eigenvalue weighted by Gasteiger charge is 2.34. The number of rotatable bonds is 3. The van der Waals surface area contributed by atoms with E-state index in [0.717, 1.165) is 24.1 Å². The molecule has 1 aromatic carbocycles. The molecule has 2 bridgehead atoms. The summed E-state index contributed by atoms with van der Waals surface area (Å²) in [6, 6.07) is 6.85. The van der Waals surface area contributed by atoms with Crippen molar-refractivity contribution in [2.75, 3.05) is 5.32 Å². The minimum Gasteiger partial charge on any atom is -0.326 e. The SMILES string of the molecule is Cc1cc(Cl)ccc1NC(=O)CC1CC2CCC(C1)N2. The maximum Gasteiger partial charge on any atom is 0.224 e. The van der Waals surface area contributed by atoms with E-state index in [2.05, 4.69) is 10.6 Å². The van der Waals surface area contributed by atoms with Gasteiger partial charge >= 0.3 is 0 Å². The molecule has 1 aromatic rings. The summed E-state index contributed by atoms with van der Waals surface area (Å²) in [7, 11) is 0. The summed E-state index contributed by atoms with van der Waals surface area (Å²) >= 11 is 5.93. The Kier molecular flexibility index (Phi) is 3.99. The lowest BCUT2D eigenvalue weighted by atomic mass is 9.89. The van der Waals surface area contributed by atoms with Crippen LogP contribution in [0.3, 0.4) is 0 Å². The first-order valence-electron chi connectivity index (χ1n) is 7.42. The van der Waals surface area contributed by atoms with Gasteiger partial charge in [-0.15, -0.1) is 0 Å². The van der Waals surface area contributed by atoms with E-state index >= 15 is 0 Å². The number of hydrogen-bond acceptors (Lipinski definition) is 2. The largest absolute Gasteiger partial charge is 0.326 e. The van der Waals surface area contributed by atoms with Gasteiger partial charge in [0.25, 0.3) is 0 Å². The molecule has 108 valence electrons. The first-order chi connectivity index (χ1) is 9.60. The van der Waals surface area contributed by atoms with Gasteiger partial charge in [0.05, 0.1) is 0 Å². The first kappa shape index (κ1) is 13.9. The van der Waals surface area contributed by atoms with Crippen LogP contribution in [0.5, 0.6) is 0 Å². The normalized spacial score (nSPS) is 28.4. The first-order valence-corrected chi connectivity index (χ1v) is 7.80. The Morgan fingerprint density at radius 3 is 2.70 bits per heavy atom. The van der Waals surface area contributed by atoms with Crippen LogP contribution >= 0.6 is 11.6 Å². The minimum atomic E-state index is 0.127. The van der Waals surface area contributed by atoms with Crippen LogP contribution < -0.4 is 10.6 Å². The van der Waals surface area contributed by atoms with Gasteiger partial charge in [-0.25, -0.2) is 0 Å². The number of amides is 1. The smallest absolute Gasteiger partial charge is 0.224 e. The van der Waals surface area contributed by atoms with Crippen LogP contribution in [0.15, 0.2) is 18.2 Å². The fourth-order valence-electron chi connectivity index (χ4n) is 3.57. The van der Waals surface area contributed by atoms with Crippen LogP contribution in [0.25, 0.3) is 0 Å². The van der Waals surface area contributed by atoms with Gasteiger partial charge in [0, 0.05) is 29.2 Å². The van der Waals surface area contributed by atoms with Gasteiger partial charge in [0.1, 0.15) is 0 Å². The number of nitrogens with one attached hydrogen (secondary N) is 2. The maximum atomic E-state index is 12.2. The average Bonchev–Trinajstić information content (AvgIpc) is 2.72. The molecule has 1 amide bonds. The number of fused-ring (bicyclic) bond motifs is 2. The molecule has 20 heavy (non-hydrogen) atoms. The zero-order chi connectivity index (χ0) is 14.1. The summed E-state index contributed by atoms with van der Waals surface area (Å²) in [6.07, 6.45) is 5.47. The molecule has 0 spiro atoms. The Morgan fingerprint density at radius 1 is 1.35 bits per heavy atom. The number of aryl methyl sites for hydroxylation is 1. The van der Waals surface area contributed by atoms with Gasteiger partial charge in [0.15, 0.2) is 0 Å². The molecule has 2 aliphatic heterocycles. The van der Waals surface area contributed by atoms with E-state index < -0.39 is 0 Å². The van der Waals surface area contributed by atoms with Gasteiger partial charge in [-0.3, -0.25) is 4.79 Å². The lowest BCUT2D eigenvalue weighted by Gasteiger charge is -2.28. The molecule has 4 heteroatoms. The highest BCUT2D eigenvalue weighted by molar-refractivity contribution is 6.30. The van der Waals surface area contributed by atoms with Crippen LogP contribution in [0, 0.1) is 12.8 Å². The third-order valence-electron chi connectivity index (χ3n) is 4.51. The van der Waals surface area contributed by atoms with Crippen molar-refractivity contribution >= 4 is 23.2 Å². The predicted molar refractivity (Wildman–Crippen MR) is 82.1 cm³/mol. The number of carbonyl (C=O) groups is 1. The molecule has 0 saturated carbocycles. The number of benzene rings is 1. The molecule has 2 atom stereocenters. The molecule has 2 fully saturated rings. The van der Waals surface area contributed by atoms with Crippen molar-refractivity contribution in [1.29, 1.82) is 0 Å². The fourth-order valence-corrected chi connectivity index (χ4v) is 3.80. The van der Waals surface area contributed by atoms with Crippen molar-refractivity contribution in [1.82, 2.24) is 5.32 Å². The molecule has 0 aliphatic carbocycles. The molecule has 2 aliphatic rings. The molecular weight excluding hydrogens is 272 g/mol. The van der Waals surface area contributed by atoms with E-state index in [4.69, 9.17) is 11.6 Å². The van der Waals surface area contributed by atoms with Gasteiger partial charge in [-0.05, 0) is 62.3 Å². The quantitative estimate of drug-likeness (QED) is 0.895. The van der Waals surface area contributed by atoms with E-state index in [1.54, 1.807) is 0 Å². The molecule has 2 heterocycles.